The fourth-order valence-electron chi connectivity index (χ4n) is 1.85. The lowest BCUT2D eigenvalue weighted by atomic mass is 10.2. The third kappa shape index (κ3) is 3.05. The summed E-state index contributed by atoms with van der Waals surface area (Å²) in [5, 5.41) is 0. The van der Waals surface area contributed by atoms with Crippen LogP contribution in [0.3, 0.4) is 0 Å². The minimum absolute atomic E-state index is 0.100. The summed E-state index contributed by atoms with van der Waals surface area (Å²) in [6.07, 6.45) is 0. The molecule has 0 radical (unpaired) electrons. The van der Waals surface area contributed by atoms with Crippen LogP contribution < -0.4 is 15.2 Å². The maximum absolute atomic E-state index is 13.5. The summed E-state index contributed by atoms with van der Waals surface area (Å²) in [5.74, 6) is -0.0782. The van der Waals surface area contributed by atoms with Gasteiger partial charge in [-0.2, -0.15) is 0 Å². The van der Waals surface area contributed by atoms with Gasteiger partial charge >= 0.3 is 0 Å². The van der Waals surface area contributed by atoms with Crippen molar-refractivity contribution in [2.75, 3.05) is 7.11 Å². The summed E-state index contributed by atoms with van der Waals surface area (Å²) >= 11 is 0. The van der Waals surface area contributed by atoms with Gasteiger partial charge in [0.05, 0.1) is 7.11 Å². The highest BCUT2D eigenvalue weighted by molar-refractivity contribution is 5.46. The Balaban J connectivity index is 2.24. The van der Waals surface area contributed by atoms with Crippen molar-refractivity contribution in [1.29, 1.82) is 0 Å². The van der Waals surface area contributed by atoms with E-state index in [2.05, 4.69) is 0 Å². The Bertz CT molecular complexity index is 580. The maximum Gasteiger partial charge on any atom is 0.166 e. The first-order valence-electron chi connectivity index (χ1n) is 6.08. The summed E-state index contributed by atoms with van der Waals surface area (Å²) in [5.41, 5.74) is 6.50. The molecule has 0 unspecified atom stereocenters. The predicted molar refractivity (Wildman–Crippen MR) is 71.6 cm³/mol. The van der Waals surface area contributed by atoms with E-state index in [4.69, 9.17) is 15.2 Å². The number of para-hydroxylation sites is 1. The largest absolute Gasteiger partial charge is 0.493 e. The average molecular weight is 279 g/mol. The van der Waals surface area contributed by atoms with Crippen molar-refractivity contribution >= 4 is 0 Å². The van der Waals surface area contributed by atoms with Gasteiger partial charge in [-0.1, -0.05) is 12.1 Å². The molecule has 0 bridgehead atoms. The van der Waals surface area contributed by atoms with Crippen LogP contribution in [0.1, 0.15) is 11.1 Å². The van der Waals surface area contributed by atoms with Crippen molar-refractivity contribution in [3.63, 3.8) is 0 Å². The molecule has 0 amide bonds. The molecule has 0 heterocycles. The summed E-state index contributed by atoms with van der Waals surface area (Å²) in [6, 6.07) is 8.53. The minimum Gasteiger partial charge on any atom is -0.493 e. The predicted octanol–water partition coefficient (Wildman–Crippen LogP) is 3.01. The molecule has 2 aromatic rings. The standard InChI is InChI=1S/C15H15F2NO2/c1-19-14-4-2-3-10(8-18)15(14)20-9-11-7-12(16)5-6-13(11)17/h2-7H,8-9,18H2,1H3. The monoisotopic (exact) mass is 279 g/mol. The SMILES string of the molecule is COc1cccc(CN)c1OCc1cc(F)ccc1F. The molecule has 0 aromatic heterocycles. The van der Waals surface area contributed by atoms with Crippen molar-refractivity contribution < 1.29 is 18.3 Å². The first-order valence-corrected chi connectivity index (χ1v) is 6.08. The van der Waals surface area contributed by atoms with Gasteiger partial charge in [-0.3, -0.25) is 0 Å². The molecule has 0 saturated heterocycles. The Morgan fingerprint density at radius 2 is 1.90 bits per heavy atom. The molecule has 0 aliphatic carbocycles. The molecule has 2 N–H and O–H groups in total. The van der Waals surface area contributed by atoms with Crippen LogP contribution >= 0.6 is 0 Å². The molecular weight excluding hydrogens is 264 g/mol. The van der Waals surface area contributed by atoms with Gasteiger partial charge in [0.25, 0.3) is 0 Å². The molecule has 5 heteroatoms. The van der Waals surface area contributed by atoms with Crippen LogP contribution in [0.15, 0.2) is 36.4 Å². The average Bonchev–Trinajstić information content (AvgIpc) is 2.47. The number of rotatable bonds is 5. The number of hydrogen-bond acceptors (Lipinski definition) is 3. The van der Waals surface area contributed by atoms with Crippen molar-refractivity contribution in [3.8, 4) is 11.5 Å². The van der Waals surface area contributed by atoms with Crippen LogP contribution in [-0.2, 0) is 13.2 Å². The van der Waals surface area contributed by atoms with E-state index in [0.29, 0.717) is 11.5 Å². The minimum atomic E-state index is -0.518. The lowest BCUT2D eigenvalue weighted by Gasteiger charge is -2.14. The Kier molecular flexibility index (Phi) is 4.53. The van der Waals surface area contributed by atoms with Gasteiger partial charge in [0.15, 0.2) is 11.5 Å². The highest BCUT2D eigenvalue weighted by Crippen LogP contribution is 2.31. The van der Waals surface area contributed by atoms with E-state index < -0.39 is 11.6 Å². The summed E-state index contributed by atoms with van der Waals surface area (Å²) in [4.78, 5) is 0. The fraction of sp³-hybridized carbons (Fsp3) is 0.200. The molecule has 0 aliphatic heterocycles. The Morgan fingerprint density at radius 1 is 1.10 bits per heavy atom. The van der Waals surface area contributed by atoms with Gasteiger partial charge in [-0.05, 0) is 24.3 Å². The van der Waals surface area contributed by atoms with Gasteiger partial charge in [0, 0.05) is 17.7 Å². The molecule has 0 saturated carbocycles. The molecule has 3 nitrogen and oxygen atoms in total. The zero-order valence-corrected chi connectivity index (χ0v) is 11.0. The molecule has 0 atom stereocenters. The van der Waals surface area contributed by atoms with Crippen molar-refractivity contribution in [3.05, 3.63) is 59.2 Å². The Labute approximate surface area is 115 Å². The van der Waals surface area contributed by atoms with Crippen molar-refractivity contribution in [1.82, 2.24) is 0 Å². The van der Waals surface area contributed by atoms with Crippen LogP contribution in [0.25, 0.3) is 0 Å². The van der Waals surface area contributed by atoms with Gasteiger partial charge < -0.3 is 15.2 Å². The van der Waals surface area contributed by atoms with Crippen molar-refractivity contribution in [2.24, 2.45) is 5.73 Å². The Morgan fingerprint density at radius 3 is 2.60 bits per heavy atom. The van der Waals surface area contributed by atoms with E-state index >= 15 is 0 Å². The first-order chi connectivity index (χ1) is 9.65. The number of ether oxygens (including phenoxy) is 2. The first kappa shape index (κ1) is 14.3. The van der Waals surface area contributed by atoms with Gasteiger partial charge in [0.1, 0.15) is 18.2 Å². The topological polar surface area (TPSA) is 44.5 Å². The van der Waals surface area contributed by atoms with Crippen LogP contribution in [0.4, 0.5) is 8.78 Å². The van der Waals surface area contributed by atoms with E-state index in [0.717, 1.165) is 23.8 Å². The van der Waals surface area contributed by atoms with E-state index in [1.54, 1.807) is 18.2 Å². The molecule has 2 aromatic carbocycles. The van der Waals surface area contributed by atoms with E-state index in [1.165, 1.54) is 7.11 Å². The molecular formula is C15H15F2NO2. The number of nitrogens with two attached hydrogens (primary N) is 1. The summed E-state index contributed by atoms with van der Waals surface area (Å²) in [6.45, 7) is 0.162. The van der Waals surface area contributed by atoms with Crippen LogP contribution in [0.2, 0.25) is 0 Å². The third-order valence-electron chi connectivity index (χ3n) is 2.88. The lowest BCUT2D eigenvalue weighted by molar-refractivity contribution is 0.276. The molecule has 0 spiro atoms. The molecule has 0 fully saturated rings. The highest BCUT2D eigenvalue weighted by atomic mass is 19.1. The summed E-state index contributed by atoms with van der Waals surface area (Å²) in [7, 11) is 1.51. The van der Waals surface area contributed by atoms with Crippen LogP contribution in [0, 0.1) is 11.6 Å². The summed E-state index contributed by atoms with van der Waals surface area (Å²) < 4.78 is 37.4. The van der Waals surface area contributed by atoms with Crippen LogP contribution in [0.5, 0.6) is 11.5 Å². The second-order valence-corrected chi connectivity index (χ2v) is 4.18. The maximum atomic E-state index is 13.5. The number of benzene rings is 2. The lowest BCUT2D eigenvalue weighted by Crippen LogP contribution is -2.05. The number of methoxy groups -OCH3 is 1. The molecule has 2 rings (SSSR count). The van der Waals surface area contributed by atoms with E-state index in [-0.39, 0.29) is 18.7 Å². The zero-order chi connectivity index (χ0) is 14.5. The quantitative estimate of drug-likeness (QED) is 0.915. The zero-order valence-electron chi connectivity index (χ0n) is 11.0. The smallest absolute Gasteiger partial charge is 0.166 e. The van der Waals surface area contributed by atoms with Gasteiger partial charge in [-0.25, -0.2) is 8.78 Å². The van der Waals surface area contributed by atoms with Crippen LogP contribution in [-0.4, -0.2) is 7.11 Å². The second-order valence-electron chi connectivity index (χ2n) is 4.18. The molecule has 0 aliphatic rings. The third-order valence-corrected chi connectivity index (χ3v) is 2.88. The fourth-order valence-corrected chi connectivity index (χ4v) is 1.85. The van der Waals surface area contributed by atoms with Crippen molar-refractivity contribution in [2.45, 2.75) is 13.2 Å². The highest BCUT2D eigenvalue weighted by Gasteiger charge is 2.11. The van der Waals surface area contributed by atoms with E-state index in [9.17, 15) is 8.78 Å². The number of halogens is 2. The van der Waals surface area contributed by atoms with Gasteiger partial charge in [0.2, 0.25) is 0 Å². The van der Waals surface area contributed by atoms with Gasteiger partial charge in [-0.15, -0.1) is 0 Å². The normalized spacial score (nSPS) is 10.4. The number of hydrogen-bond donors (Lipinski definition) is 1. The Hall–Kier alpha value is -2.14. The molecule has 20 heavy (non-hydrogen) atoms. The molecule has 106 valence electrons. The second kappa shape index (κ2) is 6.34. The van der Waals surface area contributed by atoms with E-state index in [1.807, 2.05) is 0 Å².